The van der Waals surface area contributed by atoms with Crippen LogP contribution < -0.4 is 14.8 Å². The molecule has 1 saturated heterocycles. The minimum absolute atomic E-state index is 0.0188. The maximum absolute atomic E-state index is 12.7. The summed E-state index contributed by atoms with van der Waals surface area (Å²) in [5.41, 5.74) is 2.16. The van der Waals surface area contributed by atoms with Gasteiger partial charge in [-0.05, 0) is 69.5 Å². The van der Waals surface area contributed by atoms with E-state index in [1.54, 1.807) is 36.1 Å². The normalized spacial score (nSPS) is 15.3. The van der Waals surface area contributed by atoms with Crippen molar-refractivity contribution in [2.45, 2.75) is 45.8 Å². The smallest absolute Gasteiger partial charge is 0.263 e. The van der Waals surface area contributed by atoms with Crippen molar-refractivity contribution < 1.29 is 19.1 Å². The molecule has 1 fully saturated rings. The zero-order chi connectivity index (χ0) is 22.4. The Hall–Kier alpha value is -2.73. The van der Waals surface area contributed by atoms with Crippen LogP contribution in [-0.4, -0.2) is 48.6 Å². The molecule has 166 valence electrons. The van der Waals surface area contributed by atoms with Crippen molar-refractivity contribution in [1.82, 2.24) is 10.2 Å². The van der Waals surface area contributed by atoms with Crippen LogP contribution in [0.5, 0.6) is 11.5 Å². The molecule has 1 atom stereocenters. The zero-order valence-corrected chi connectivity index (χ0v) is 18.9. The van der Waals surface area contributed by atoms with E-state index < -0.39 is 6.10 Å². The Labute approximate surface area is 188 Å². The Morgan fingerprint density at radius 1 is 1.13 bits per heavy atom. The van der Waals surface area contributed by atoms with E-state index in [-0.39, 0.29) is 24.5 Å². The lowest BCUT2D eigenvalue weighted by molar-refractivity contribution is -0.139. The number of carbonyl (C=O) groups excluding carboxylic acids is 2. The van der Waals surface area contributed by atoms with E-state index >= 15 is 0 Å². The van der Waals surface area contributed by atoms with Crippen LogP contribution in [0.2, 0.25) is 5.02 Å². The Morgan fingerprint density at radius 3 is 2.45 bits per heavy atom. The van der Waals surface area contributed by atoms with E-state index in [4.69, 9.17) is 21.1 Å². The van der Waals surface area contributed by atoms with Crippen LogP contribution in [0.4, 0.5) is 0 Å². The number of carbonyl (C=O) groups is 2. The summed E-state index contributed by atoms with van der Waals surface area (Å²) in [7, 11) is 0. The molecular weight excluding hydrogens is 416 g/mol. The summed E-state index contributed by atoms with van der Waals surface area (Å²) in [6, 6.07) is 12.9. The second kappa shape index (κ2) is 10.5. The summed E-state index contributed by atoms with van der Waals surface area (Å²) in [6.07, 6.45) is 0.821. The van der Waals surface area contributed by atoms with Crippen molar-refractivity contribution in [3.05, 3.63) is 58.6 Å². The van der Waals surface area contributed by atoms with E-state index in [0.717, 1.165) is 16.9 Å². The number of likely N-dealkylation sites (tertiary alicyclic amines) is 1. The number of amides is 2. The van der Waals surface area contributed by atoms with Gasteiger partial charge in [-0.15, -0.1) is 0 Å². The van der Waals surface area contributed by atoms with Crippen LogP contribution in [0.1, 0.15) is 30.9 Å². The zero-order valence-electron chi connectivity index (χ0n) is 18.2. The number of halogens is 1. The lowest BCUT2D eigenvalue weighted by Gasteiger charge is -2.33. The fraction of sp³-hybridized carbons (Fsp3) is 0.417. The standard InChI is InChI=1S/C24H29ClN2O4/c1-16-4-9-22(17(2)14-16)30-15-23(28)26-20-10-12-27(13-11-20)24(29)18(3)31-21-7-5-19(25)6-8-21/h4-9,14,18,20H,10-13,15H2,1-3H3,(H,26,28). The van der Waals surface area contributed by atoms with Gasteiger partial charge in [-0.3, -0.25) is 9.59 Å². The molecule has 1 unspecified atom stereocenters. The summed E-state index contributed by atoms with van der Waals surface area (Å²) in [5.74, 6) is 1.12. The van der Waals surface area contributed by atoms with E-state index in [1.165, 1.54) is 0 Å². The van der Waals surface area contributed by atoms with Crippen molar-refractivity contribution in [1.29, 1.82) is 0 Å². The minimum Gasteiger partial charge on any atom is -0.484 e. The molecule has 6 nitrogen and oxygen atoms in total. The van der Waals surface area contributed by atoms with Gasteiger partial charge in [-0.1, -0.05) is 29.3 Å². The number of rotatable bonds is 7. The molecule has 1 N–H and O–H groups in total. The molecule has 31 heavy (non-hydrogen) atoms. The Bertz CT molecular complexity index is 908. The topological polar surface area (TPSA) is 67.9 Å². The molecule has 1 aliphatic heterocycles. The highest BCUT2D eigenvalue weighted by molar-refractivity contribution is 6.30. The SMILES string of the molecule is Cc1ccc(OCC(=O)NC2CCN(C(=O)C(C)Oc3ccc(Cl)cc3)CC2)c(C)c1. The number of ether oxygens (including phenoxy) is 2. The quantitative estimate of drug-likeness (QED) is 0.703. The molecule has 1 heterocycles. The summed E-state index contributed by atoms with van der Waals surface area (Å²) in [5, 5.41) is 3.63. The van der Waals surface area contributed by atoms with Gasteiger partial charge in [0.1, 0.15) is 11.5 Å². The fourth-order valence-corrected chi connectivity index (χ4v) is 3.77. The second-order valence-corrected chi connectivity index (χ2v) is 8.38. The number of aryl methyl sites for hydroxylation is 2. The number of hydrogen-bond acceptors (Lipinski definition) is 4. The predicted molar refractivity (Wildman–Crippen MR) is 121 cm³/mol. The minimum atomic E-state index is -0.585. The molecule has 0 bridgehead atoms. The van der Waals surface area contributed by atoms with E-state index in [2.05, 4.69) is 5.32 Å². The van der Waals surface area contributed by atoms with Gasteiger partial charge in [0.15, 0.2) is 12.7 Å². The predicted octanol–water partition coefficient (Wildman–Crippen LogP) is 3.91. The lowest BCUT2D eigenvalue weighted by Crippen LogP contribution is -2.50. The van der Waals surface area contributed by atoms with Gasteiger partial charge in [0.25, 0.3) is 11.8 Å². The number of benzene rings is 2. The molecule has 3 rings (SSSR count). The maximum Gasteiger partial charge on any atom is 0.263 e. The summed E-state index contributed by atoms with van der Waals surface area (Å²) in [6.45, 7) is 6.87. The van der Waals surface area contributed by atoms with Crippen molar-refractivity contribution in [2.75, 3.05) is 19.7 Å². The first-order valence-corrected chi connectivity index (χ1v) is 10.9. The molecule has 2 aromatic carbocycles. The maximum atomic E-state index is 12.7. The largest absolute Gasteiger partial charge is 0.484 e. The molecule has 0 saturated carbocycles. The van der Waals surface area contributed by atoms with Gasteiger partial charge >= 0.3 is 0 Å². The highest BCUT2D eigenvalue weighted by Gasteiger charge is 2.27. The summed E-state index contributed by atoms with van der Waals surface area (Å²) >= 11 is 5.88. The Balaban J connectivity index is 1.40. The van der Waals surface area contributed by atoms with Crippen LogP contribution in [0.15, 0.2) is 42.5 Å². The van der Waals surface area contributed by atoms with Gasteiger partial charge in [-0.2, -0.15) is 0 Å². The van der Waals surface area contributed by atoms with Crippen molar-refractivity contribution in [3.63, 3.8) is 0 Å². The Morgan fingerprint density at radius 2 is 1.81 bits per heavy atom. The van der Waals surface area contributed by atoms with Crippen molar-refractivity contribution in [3.8, 4) is 11.5 Å². The number of nitrogens with one attached hydrogen (secondary N) is 1. The highest BCUT2D eigenvalue weighted by Crippen LogP contribution is 2.20. The number of piperidine rings is 1. The first-order chi connectivity index (χ1) is 14.8. The van der Waals surface area contributed by atoms with Gasteiger partial charge in [0, 0.05) is 24.2 Å². The third kappa shape index (κ3) is 6.62. The molecule has 2 amide bonds. The monoisotopic (exact) mass is 444 g/mol. The van der Waals surface area contributed by atoms with Crippen LogP contribution >= 0.6 is 11.6 Å². The van der Waals surface area contributed by atoms with Gasteiger partial charge in [0.2, 0.25) is 0 Å². The van der Waals surface area contributed by atoms with Crippen LogP contribution in [0.3, 0.4) is 0 Å². The number of hydrogen-bond donors (Lipinski definition) is 1. The summed E-state index contributed by atoms with van der Waals surface area (Å²) < 4.78 is 11.4. The first kappa shape index (κ1) is 22.9. The molecular formula is C24H29ClN2O4. The molecule has 0 radical (unpaired) electrons. The molecule has 0 aromatic heterocycles. The fourth-order valence-electron chi connectivity index (χ4n) is 3.64. The van der Waals surface area contributed by atoms with E-state index in [1.807, 2.05) is 32.0 Å². The van der Waals surface area contributed by atoms with Gasteiger partial charge in [-0.25, -0.2) is 0 Å². The molecule has 0 aliphatic carbocycles. The van der Waals surface area contributed by atoms with Gasteiger partial charge < -0.3 is 19.7 Å². The molecule has 0 spiro atoms. The Kier molecular flexibility index (Phi) is 7.80. The average Bonchev–Trinajstić information content (AvgIpc) is 2.75. The number of nitrogens with zero attached hydrogens (tertiary/aromatic N) is 1. The molecule has 2 aromatic rings. The van der Waals surface area contributed by atoms with Crippen molar-refractivity contribution >= 4 is 23.4 Å². The summed E-state index contributed by atoms with van der Waals surface area (Å²) in [4.78, 5) is 26.7. The van der Waals surface area contributed by atoms with Crippen LogP contribution in [-0.2, 0) is 9.59 Å². The first-order valence-electron chi connectivity index (χ1n) is 10.5. The van der Waals surface area contributed by atoms with Crippen molar-refractivity contribution in [2.24, 2.45) is 0 Å². The second-order valence-electron chi connectivity index (χ2n) is 7.94. The van der Waals surface area contributed by atoms with E-state index in [9.17, 15) is 9.59 Å². The van der Waals surface area contributed by atoms with E-state index in [0.29, 0.717) is 36.7 Å². The third-order valence-electron chi connectivity index (χ3n) is 5.34. The highest BCUT2D eigenvalue weighted by atomic mass is 35.5. The molecule has 1 aliphatic rings. The van der Waals surface area contributed by atoms with Gasteiger partial charge in [0.05, 0.1) is 0 Å². The van der Waals surface area contributed by atoms with Crippen LogP contribution in [0, 0.1) is 13.8 Å². The third-order valence-corrected chi connectivity index (χ3v) is 5.59. The van der Waals surface area contributed by atoms with Crippen LogP contribution in [0.25, 0.3) is 0 Å². The molecule has 7 heteroatoms. The average molecular weight is 445 g/mol. The lowest BCUT2D eigenvalue weighted by atomic mass is 10.0.